The molecule has 112 valence electrons. The van der Waals surface area contributed by atoms with E-state index in [0.29, 0.717) is 6.54 Å². The summed E-state index contributed by atoms with van der Waals surface area (Å²) < 4.78 is 5.10. The molecule has 2 atom stereocenters. The minimum atomic E-state index is -0.930. The van der Waals surface area contributed by atoms with Gasteiger partial charge in [0, 0.05) is 6.54 Å². The molecule has 2 unspecified atom stereocenters. The average Bonchev–Trinajstić information content (AvgIpc) is 2.88. The Bertz CT molecular complexity index is 395. The highest BCUT2D eigenvalue weighted by molar-refractivity contribution is 5.77. The molecule has 0 aromatic carbocycles. The molecule has 20 heavy (non-hydrogen) atoms. The average molecular weight is 282 g/mol. The lowest BCUT2D eigenvalue weighted by Gasteiger charge is -2.17. The number of amides is 2. The van der Waals surface area contributed by atoms with Crippen molar-refractivity contribution in [3.05, 3.63) is 11.6 Å². The van der Waals surface area contributed by atoms with Crippen molar-refractivity contribution in [1.29, 1.82) is 0 Å². The van der Waals surface area contributed by atoms with Crippen LogP contribution in [0.2, 0.25) is 0 Å². The Morgan fingerprint density at radius 2 is 2.20 bits per heavy atom. The molecule has 1 fully saturated rings. The zero-order valence-electron chi connectivity index (χ0n) is 11.6. The van der Waals surface area contributed by atoms with Gasteiger partial charge in [0.2, 0.25) is 0 Å². The molecule has 0 aromatic rings. The van der Waals surface area contributed by atoms with Crippen LogP contribution in [0, 0.1) is 5.92 Å². The van der Waals surface area contributed by atoms with Crippen LogP contribution >= 0.6 is 0 Å². The smallest absolute Gasteiger partial charge is 0.315 e. The van der Waals surface area contributed by atoms with Crippen LogP contribution in [0.15, 0.2) is 11.6 Å². The van der Waals surface area contributed by atoms with Crippen molar-refractivity contribution in [3.63, 3.8) is 0 Å². The lowest BCUT2D eigenvalue weighted by molar-refractivity contribution is -0.142. The number of carbonyl (C=O) groups is 2. The summed E-state index contributed by atoms with van der Waals surface area (Å²) in [6.45, 7) is 1.01. The molecule has 2 aliphatic rings. The summed E-state index contributed by atoms with van der Waals surface area (Å²) in [6.07, 6.45) is 7.89. The van der Waals surface area contributed by atoms with Crippen LogP contribution < -0.4 is 10.6 Å². The monoisotopic (exact) mass is 282 g/mol. The molecule has 1 heterocycles. The fourth-order valence-corrected chi connectivity index (χ4v) is 2.63. The quantitative estimate of drug-likeness (QED) is 0.663. The topological polar surface area (TPSA) is 87.7 Å². The van der Waals surface area contributed by atoms with Crippen LogP contribution in [0.5, 0.6) is 0 Å². The number of urea groups is 1. The zero-order valence-corrected chi connectivity index (χ0v) is 11.6. The number of allylic oxidation sites excluding steroid dienone is 1. The highest BCUT2D eigenvalue weighted by Gasteiger charge is 2.34. The van der Waals surface area contributed by atoms with E-state index in [1.165, 1.54) is 18.4 Å². The maximum Gasteiger partial charge on any atom is 0.315 e. The summed E-state index contributed by atoms with van der Waals surface area (Å²) in [5.74, 6) is -1.58. The number of aliphatic carboxylic acids is 1. The van der Waals surface area contributed by atoms with Gasteiger partial charge in [-0.2, -0.15) is 0 Å². The normalized spacial score (nSPS) is 25.9. The standard InChI is InChI=1S/C14H22N2O4/c17-13(18)11-8-20-9-12(11)16-14(19)15-7-6-10-4-2-1-3-5-10/h4,11-12H,1-3,5-9H2,(H,17,18)(H2,15,16,19). The lowest BCUT2D eigenvalue weighted by atomic mass is 9.97. The molecule has 3 N–H and O–H groups in total. The van der Waals surface area contributed by atoms with Gasteiger partial charge >= 0.3 is 12.0 Å². The number of nitrogens with one attached hydrogen (secondary N) is 2. The van der Waals surface area contributed by atoms with Gasteiger partial charge in [-0.15, -0.1) is 0 Å². The van der Waals surface area contributed by atoms with Gasteiger partial charge in [0.1, 0.15) is 5.92 Å². The van der Waals surface area contributed by atoms with Crippen molar-refractivity contribution in [2.24, 2.45) is 5.92 Å². The van der Waals surface area contributed by atoms with Crippen molar-refractivity contribution < 1.29 is 19.4 Å². The van der Waals surface area contributed by atoms with Gasteiger partial charge < -0.3 is 20.5 Å². The predicted octanol–water partition coefficient (Wildman–Crippen LogP) is 1.28. The third-order valence-electron chi connectivity index (χ3n) is 3.83. The largest absolute Gasteiger partial charge is 0.481 e. The predicted molar refractivity (Wildman–Crippen MR) is 73.4 cm³/mol. The minimum Gasteiger partial charge on any atom is -0.481 e. The van der Waals surface area contributed by atoms with E-state index >= 15 is 0 Å². The van der Waals surface area contributed by atoms with Crippen LogP contribution in [-0.4, -0.2) is 42.9 Å². The highest BCUT2D eigenvalue weighted by Crippen LogP contribution is 2.19. The van der Waals surface area contributed by atoms with Crippen molar-refractivity contribution in [2.45, 2.75) is 38.1 Å². The van der Waals surface area contributed by atoms with Crippen LogP contribution in [0.25, 0.3) is 0 Å². The molecular weight excluding hydrogens is 260 g/mol. The molecule has 0 radical (unpaired) electrons. The summed E-state index contributed by atoms with van der Waals surface area (Å²) in [4.78, 5) is 22.7. The van der Waals surface area contributed by atoms with Crippen LogP contribution in [0.1, 0.15) is 32.1 Å². The van der Waals surface area contributed by atoms with Gasteiger partial charge in [0.15, 0.2) is 0 Å². The van der Waals surface area contributed by atoms with Gasteiger partial charge in [-0.05, 0) is 32.1 Å². The number of rotatable bonds is 5. The molecule has 1 saturated heterocycles. The molecule has 6 nitrogen and oxygen atoms in total. The van der Waals surface area contributed by atoms with Gasteiger partial charge in [0.25, 0.3) is 0 Å². The second-order valence-corrected chi connectivity index (χ2v) is 5.35. The van der Waals surface area contributed by atoms with Gasteiger partial charge in [-0.3, -0.25) is 4.79 Å². The van der Waals surface area contributed by atoms with Crippen molar-refractivity contribution >= 4 is 12.0 Å². The first-order chi connectivity index (χ1) is 9.66. The Labute approximate surface area is 118 Å². The molecule has 0 aromatic heterocycles. The first kappa shape index (κ1) is 14.8. The number of carboxylic acids is 1. The summed E-state index contributed by atoms with van der Waals surface area (Å²) in [5.41, 5.74) is 1.41. The fraction of sp³-hybridized carbons (Fsp3) is 0.714. The maximum atomic E-state index is 11.7. The molecule has 0 bridgehead atoms. The van der Waals surface area contributed by atoms with Crippen LogP contribution in [0.3, 0.4) is 0 Å². The second kappa shape index (κ2) is 7.28. The highest BCUT2D eigenvalue weighted by atomic mass is 16.5. The molecule has 0 spiro atoms. The van der Waals surface area contributed by atoms with Crippen LogP contribution in [0.4, 0.5) is 4.79 Å². The lowest BCUT2D eigenvalue weighted by Crippen LogP contribution is -2.47. The maximum absolute atomic E-state index is 11.7. The van der Waals surface area contributed by atoms with Gasteiger partial charge in [-0.25, -0.2) is 4.79 Å². The van der Waals surface area contributed by atoms with E-state index in [9.17, 15) is 9.59 Å². The molecule has 1 aliphatic carbocycles. The van der Waals surface area contributed by atoms with Crippen molar-refractivity contribution in [3.8, 4) is 0 Å². The van der Waals surface area contributed by atoms with Crippen LogP contribution in [-0.2, 0) is 9.53 Å². The Kier molecular flexibility index (Phi) is 5.40. The second-order valence-electron chi connectivity index (χ2n) is 5.35. The fourth-order valence-electron chi connectivity index (χ4n) is 2.63. The van der Waals surface area contributed by atoms with E-state index in [0.717, 1.165) is 19.3 Å². The molecular formula is C14H22N2O4. The Morgan fingerprint density at radius 1 is 1.35 bits per heavy atom. The summed E-state index contributed by atoms with van der Waals surface area (Å²) in [7, 11) is 0. The molecule has 1 aliphatic heterocycles. The third kappa shape index (κ3) is 4.23. The number of carbonyl (C=O) groups excluding carboxylic acids is 1. The molecule has 2 amide bonds. The Balaban J connectivity index is 1.67. The summed E-state index contributed by atoms with van der Waals surface area (Å²) >= 11 is 0. The summed E-state index contributed by atoms with van der Waals surface area (Å²) in [5, 5.41) is 14.4. The first-order valence-corrected chi connectivity index (χ1v) is 7.19. The molecule has 2 rings (SSSR count). The third-order valence-corrected chi connectivity index (χ3v) is 3.83. The number of hydrogen-bond acceptors (Lipinski definition) is 3. The van der Waals surface area contributed by atoms with E-state index in [4.69, 9.17) is 9.84 Å². The van der Waals surface area contributed by atoms with E-state index in [2.05, 4.69) is 16.7 Å². The Morgan fingerprint density at radius 3 is 2.90 bits per heavy atom. The van der Waals surface area contributed by atoms with E-state index in [1.807, 2.05) is 0 Å². The first-order valence-electron chi connectivity index (χ1n) is 7.19. The van der Waals surface area contributed by atoms with E-state index in [1.54, 1.807) is 0 Å². The van der Waals surface area contributed by atoms with E-state index < -0.39 is 17.9 Å². The minimum absolute atomic E-state index is 0.160. The Hall–Kier alpha value is -1.56. The molecule has 0 saturated carbocycles. The van der Waals surface area contributed by atoms with Gasteiger partial charge in [0.05, 0.1) is 19.3 Å². The SMILES string of the molecule is O=C(NCCC1=CCCCC1)NC1COCC1C(=O)O. The number of ether oxygens (including phenoxy) is 1. The molecule has 6 heteroatoms. The van der Waals surface area contributed by atoms with Crippen molar-refractivity contribution in [2.75, 3.05) is 19.8 Å². The summed E-state index contributed by atoms with van der Waals surface area (Å²) in [6, 6.07) is -0.760. The van der Waals surface area contributed by atoms with Gasteiger partial charge in [-0.1, -0.05) is 11.6 Å². The number of carboxylic acid groups (broad SMARTS) is 1. The van der Waals surface area contributed by atoms with Crippen molar-refractivity contribution in [1.82, 2.24) is 10.6 Å². The number of hydrogen-bond donors (Lipinski definition) is 3. The zero-order chi connectivity index (χ0) is 14.4. The van der Waals surface area contributed by atoms with E-state index in [-0.39, 0.29) is 19.2 Å².